The van der Waals surface area contributed by atoms with Gasteiger partial charge in [0, 0.05) is 23.1 Å². The number of pyridine rings is 2. The van der Waals surface area contributed by atoms with E-state index in [9.17, 15) is 18.4 Å². The molecule has 0 bridgehead atoms. The zero-order chi connectivity index (χ0) is 24.6. The summed E-state index contributed by atoms with van der Waals surface area (Å²) < 4.78 is 46.8. The molecule has 180 valence electrons. The van der Waals surface area contributed by atoms with Gasteiger partial charge in [0.15, 0.2) is 6.20 Å². The Morgan fingerprint density at radius 2 is 1.77 bits per heavy atom. The van der Waals surface area contributed by atoms with E-state index >= 15 is 0 Å². The normalized spacial score (nSPS) is 14.9. The maximum atomic E-state index is 13.5. The monoisotopic (exact) mass is 479 g/mol. The second kappa shape index (κ2) is 9.19. The highest BCUT2D eigenvalue weighted by Gasteiger charge is 2.31. The van der Waals surface area contributed by atoms with E-state index in [4.69, 9.17) is 9.72 Å². The maximum Gasteiger partial charge on any atom is 0.416 e. The van der Waals surface area contributed by atoms with Crippen LogP contribution in [0.4, 0.5) is 13.2 Å². The number of hydrogen-bond acceptors (Lipinski definition) is 4. The van der Waals surface area contributed by atoms with Crippen LogP contribution in [0.5, 0.6) is 5.75 Å². The molecule has 35 heavy (non-hydrogen) atoms. The quantitative estimate of drug-likeness (QED) is 0.302. The molecule has 2 aromatic carbocycles. The van der Waals surface area contributed by atoms with Crippen LogP contribution in [-0.4, -0.2) is 25.2 Å². The van der Waals surface area contributed by atoms with Gasteiger partial charge in [0.05, 0.1) is 18.2 Å². The summed E-state index contributed by atoms with van der Waals surface area (Å²) in [4.78, 5) is 4.94. The molecular weight excluding hydrogens is 455 g/mol. The molecule has 5 rings (SSSR count). The number of hydrogen-bond donors (Lipinski definition) is 1. The first kappa shape index (κ1) is 23.1. The van der Waals surface area contributed by atoms with Crippen molar-refractivity contribution in [3.63, 3.8) is 0 Å². The maximum absolute atomic E-state index is 13.5. The predicted octanol–water partition coefficient (Wildman–Crippen LogP) is 5.70. The Morgan fingerprint density at radius 1 is 1.00 bits per heavy atom. The van der Waals surface area contributed by atoms with Crippen LogP contribution in [0.2, 0.25) is 0 Å². The summed E-state index contributed by atoms with van der Waals surface area (Å²) in [5, 5.41) is 17.0. The molecule has 0 unspecified atom stereocenters. The van der Waals surface area contributed by atoms with Crippen LogP contribution in [0, 0.1) is 5.21 Å². The van der Waals surface area contributed by atoms with Crippen LogP contribution in [0.1, 0.15) is 30.0 Å². The predicted molar refractivity (Wildman–Crippen MR) is 128 cm³/mol. The summed E-state index contributed by atoms with van der Waals surface area (Å²) in [6, 6.07) is 16.0. The Kier molecular flexibility index (Phi) is 6.06. The van der Waals surface area contributed by atoms with E-state index in [1.165, 1.54) is 19.4 Å². The molecule has 0 spiro atoms. The van der Waals surface area contributed by atoms with Crippen molar-refractivity contribution >= 4 is 10.9 Å². The number of fused-ring (bicyclic) bond motifs is 1. The van der Waals surface area contributed by atoms with E-state index in [-0.39, 0.29) is 5.92 Å². The Labute approximate surface area is 200 Å². The van der Waals surface area contributed by atoms with Crippen molar-refractivity contribution in [1.82, 2.24) is 10.3 Å². The fourth-order valence-electron chi connectivity index (χ4n) is 4.76. The molecule has 2 aromatic heterocycles. The second-order valence-electron chi connectivity index (χ2n) is 8.65. The summed E-state index contributed by atoms with van der Waals surface area (Å²) in [5.74, 6) is 0.648. The first-order valence-electron chi connectivity index (χ1n) is 11.5. The summed E-state index contributed by atoms with van der Waals surface area (Å²) in [6.45, 7) is 1.66. The lowest BCUT2D eigenvalue weighted by atomic mass is 9.90. The number of aromatic nitrogens is 2. The van der Waals surface area contributed by atoms with Crippen LogP contribution in [0.25, 0.3) is 33.3 Å². The minimum Gasteiger partial charge on any atom is -0.618 e. The van der Waals surface area contributed by atoms with E-state index in [0.717, 1.165) is 48.5 Å². The average Bonchev–Trinajstić information content (AvgIpc) is 2.88. The Morgan fingerprint density at radius 3 is 2.51 bits per heavy atom. The SMILES string of the molecule is COc1ccccc1-c1c2nc(C3CCNCC3)cc(-c3cccc(C(F)(F)F)c3)c2cc[n+]1[O-]. The zero-order valence-electron chi connectivity index (χ0n) is 19.1. The fraction of sp³-hybridized carbons (Fsp3) is 0.259. The van der Waals surface area contributed by atoms with Crippen molar-refractivity contribution in [3.8, 4) is 28.1 Å². The Bertz CT molecular complexity index is 1380. The third kappa shape index (κ3) is 4.41. The van der Waals surface area contributed by atoms with Crippen molar-refractivity contribution in [2.45, 2.75) is 24.9 Å². The van der Waals surface area contributed by atoms with E-state index in [1.54, 1.807) is 30.3 Å². The van der Waals surface area contributed by atoms with E-state index in [0.29, 0.717) is 39.0 Å². The Hall–Kier alpha value is -3.65. The molecule has 0 aliphatic carbocycles. The highest BCUT2D eigenvalue weighted by molar-refractivity contribution is 6.00. The standard InChI is InChI=1S/C27H24F3N3O2/c1-35-24-8-3-2-7-21(24)26-25-20(11-14-33(26)34)22(16-23(32-25)17-9-12-31-13-10-17)18-5-4-6-19(15-18)27(28,29)30/h2-8,11,14-17,31H,9-10,12-13H2,1H3. The third-order valence-electron chi connectivity index (χ3n) is 6.52. The molecule has 3 heterocycles. The number of halogens is 3. The number of nitrogens with one attached hydrogen (secondary N) is 1. The van der Waals surface area contributed by atoms with Gasteiger partial charge in [-0.05, 0) is 67.4 Å². The molecule has 1 fully saturated rings. The van der Waals surface area contributed by atoms with E-state index < -0.39 is 11.7 Å². The third-order valence-corrected chi connectivity index (χ3v) is 6.52. The molecule has 0 saturated carbocycles. The van der Waals surface area contributed by atoms with E-state index in [1.807, 2.05) is 12.1 Å². The van der Waals surface area contributed by atoms with Crippen LogP contribution >= 0.6 is 0 Å². The van der Waals surface area contributed by atoms with Crippen molar-refractivity contribution < 1.29 is 22.6 Å². The summed E-state index contributed by atoms with van der Waals surface area (Å²) in [7, 11) is 1.53. The van der Waals surface area contributed by atoms with Gasteiger partial charge in [-0.25, -0.2) is 4.98 Å². The number of methoxy groups -OCH3 is 1. The van der Waals surface area contributed by atoms with Gasteiger partial charge >= 0.3 is 6.18 Å². The first-order valence-corrected chi connectivity index (χ1v) is 11.5. The van der Waals surface area contributed by atoms with Crippen molar-refractivity contribution in [1.29, 1.82) is 0 Å². The van der Waals surface area contributed by atoms with Crippen molar-refractivity contribution in [3.05, 3.63) is 83.3 Å². The molecule has 0 amide bonds. The molecule has 0 atom stereocenters. The molecule has 0 radical (unpaired) electrons. The van der Waals surface area contributed by atoms with Crippen LogP contribution in [0.3, 0.4) is 0 Å². The number of ether oxygens (including phenoxy) is 1. The number of para-hydroxylation sites is 1. The smallest absolute Gasteiger partial charge is 0.416 e. The number of alkyl halides is 3. The molecule has 8 heteroatoms. The van der Waals surface area contributed by atoms with E-state index in [2.05, 4.69) is 5.32 Å². The Balaban J connectivity index is 1.82. The van der Waals surface area contributed by atoms with Crippen LogP contribution < -0.4 is 14.8 Å². The average molecular weight is 480 g/mol. The lowest BCUT2D eigenvalue weighted by Crippen LogP contribution is -2.30. The highest BCUT2D eigenvalue weighted by atomic mass is 19.4. The summed E-state index contributed by atoms with van der Waals surface area (Å²) in [6.07, 6.45) is -1.38. The van der Waals surface area contributed by atoms with Gasteiger partial charge in [0.2, 0.25) is 0 Å². The summed E-state index contributed by atoms with van der Waals surface area (Å²) in [5.41, 5.74) is 2.42. The summed E-state index contributed by atoms with van der Waals surface area (Å²) >= 11 is 0. The lowest BCUT2D eigenvalue weighted by molar-refractivity contribution is -0.592. The molecule has 4 aromatic rings. The minimum absolute atomic E-state index is 0.135. The van der Waals surface area contributed by atoms with Gasteiger partial charge in [-0.1, -0.05) is 24.3 Å². The zero-order valence-corrected chi connectivity index (χ0v) is 19.1. The minimum atomic E-state index is -4.46. The molecule has 1 aliphatic heterocycles. The molecule has 5 nitrogen and oxygen atoms in total. The van der Waals surface area contributed by atoms with Crippen LogP contribution in [0.15, 0.2) is 66.9 Å². The molecule has 1 saturated heterocycles. The van der Waals surface area contributed by atoms with Gasteiger partial charge < -0.3 is 15.3 Å². The number of nitrogens with zero attached hydrogens (tertiary/aromatic N) is 2. The molecular formula is C27H24F3N3O2. The highest BCUT2D eigenvalue weighted by Crippen LogP contribution is 2.39. The second-order valence-corrected chi connectivity index (χ2v) is 8.65. The van der Waals surface area contributed by atoms with Crippen LogP contribution in [-0.2, 0) is 6.18 Å². The fourth-order valence-corrected chi connectivity index (χ4v) is 4.76. The van der Waals surface area contributed by atoms with Gasteiger partial charge in [-0.3, -0.25) is 0 Å². The first-order chi connectivity index (χ1) is 16.9. The van der Waals surface area contributed by atoms with Crippen molar-refractivity contribution in [2.75, 3.05) is 20.2 Å². The van der Waals surface area contributed by atoms with Gasteiger partial charge in [0.1, 0.15) is 11.3 Å². The molecule has 1 aliphatic rings. The van der Waals surface area contributed by atoms with Crippen molar-refractivity contribution in [2.24, 2.45) is 0 Å². The topological polar surface area (TPSA) is 61.1 Å². The van der Waals surface area contributed by atoms with Gasteiger partial charge in [-0.2, -0.15) is 17.9 Å². The lowest BCUT2D eigenvalue weighted by Gasteiger charge is -2.23. The number of benzene rings is 2. The molecule has 1 N–H and O–H groups in total. The van der Waals surface area contributed by atoms with Gasteiger partial charge in [0.25, 0.3) is 5.69 Å². The largest absolute Gasteiger partial charge is 0.618 e. The van der Waals surface area contributed by atoms with Gasteiger partial charge in [-0.15, -0.1) is 0 Å². The number of piperidine rings is 1. The number of rotatable bonds is 4.